The molecule has 0 spiro atoms. The molecule has 0 unspecified atom stereocenters. The van der Waals surface area contributed by atoms with Gasteiger partial charge in [0.1, 0.15) is 23.0 Å². The number of nitrogens with zero attached hydrogens (tertiary/aromatic N) is 3. The lowest BCUT2D eigenvalue weighted by molar-refractivity contribution is -0.147. The first-order valence-electron chi connectivity index (χ1n) is 12.8. The largest absolute Gasteiger partial charge is 0.511 e. The van der Waals surface area contributed by atoms with Crippen LogP contribution in [-0.2, 0) is 25.7 Å². The summed E-state index contributed by atoms with van der Waals surface area (Å²) in [6.07, 6.45) is -5.31. The van der Waals surface area contributed by atoms with Crippen LogP contribution in [0.4, 0.5) is 26.3 Å². The SMILES string of the molecule is CCOC(=O)[C@@H]1C[C@H](NS(=O)(=O)C(F)(F)F)CN1C(=O)c1nc(-c2ccc(OC)c3nc(C(F)(F)F)ccc23)oc1[C@H](C)N. The Balaban J connectivity index is 1.78. The summed E-state index contributed by atoms with van der Waals surface area (Å²) >= 11 is 0. The topological polar surface area (TPSA) is 167 Å². The fraction of sp³-hybridized carbons (Fsp3) is 0.440. The lowest BCUT2D eigenvalue weighted by Crippen LogP contribution is -2.44. The zero-order chi connectivity index (χ0) is 32.8. The summed E-state index contributed by atoms with van der Waals surface area (Å²) in [5.41, 5.74) is -1.43. The van der Waals surface area contributed by atoms with E-state index in [2.05, 4.69) is 9.97 Å². The number of carbonyl (C=O) groups excluding carboxylic acids is 2. The number of amides is 1. The van der Waals surface area contributed by atoms with Gasteiger partial charge in [-0.25, -0.2) is 27.9 Å². The maximum Gasteiger partial charge on any atom is 0.511 e. The molecule has 0 bridgehead atoms. The number of oxazole rings is 1. The van der Waals surface area contributed by atoms with Gasteiger partial charge in [0.25, 0.3) is 5.91 Å². The summed E-state index contributed by atoms with van der Waals surface area (Å²) in [7, 11) is -4.60. The van der Waals surface area contributed by atoms with Crippen molar-refractivity contribution in [1.82, 2.24) is 19.6 Å². The number of esters is 1. The van der Waals surface area contributed by atoms with Crippen LogP contribution in [0.3, 0.4) is 0 Å². The average molecular weight is 654 g/mol. The van der Waals surface area contributed by atoms with E-state index in [4.69, 9.17) is 19.6 Å². The molecule has 3 N–H and O–H groups in total. The van der Waals surface area contributed by atoms with Crippen LogP contribution in [0.15, 0.2) is 28.7 Å². The van der Waals surface area contributed by atoms with Crippen molar-refractivity contribution in [1.29, 1.82) is 0 Å². The second-order valence-electron chi connectivity index (χ2n) is 9.65. The van der Waals surface area contributed by atoms with Gasteiger partial charge in [0.05, 0.1) is 19.8 Å². The van der Waals surface area contributed by atoms with E-state index in [1.54, 1.807) is 0 Å². The number of hydrogen-bond acceptors (Lipinski definition) is 10. The molecule has 0 aliphatic carbocycles. The van der Waals surface area contributed by atoms with Crippen molar-refractivity contribution >= 4 is 32.8 Å². The molecule has 240 valence electrons. The molecule has 3 aromatic rings. The molecule has 44 heavy (non-hydrogen) atoms. The minimum Gasteiger partial charge on any atom is -0.494 e. The van der Waals surface area contributed by atoms with Gasteiger partial charge in [0, 0.05) is 23.5 Å². The number of alkyl halides is 6. The Labute approximate surface area is 245 Å². The van der Waals surface area contributed by atoms with Gasteiger partial charge < -0.3 is 24.5 Å². The van der Waals surface area contributed by atoms with Crippen molar-refractivity contribution in [3.8, 4) is 17.2 Å². The number of halogens is 6. The Kier molecular flexibility index (Phi) is 8.87. The standard InChI is InChI=1S/C25H25F6N5O7S/c1-4-42-23(38)15-9-12(35-44(39,40)25(29,30)31)10-36(15)22(37)19-20(11(2)32)43-21(34-19)14-5-7-16(41-3)18-13(14)6-8-17(33-18)24(26,27)28/h5-8,11-12,15,35H,4,9-10,32H2,1-3H3/t11-,12-,15-/m0/s1. The molecule has 3 atom stereocenters. The van der Waals surface area contributed by atoms with E-state index in [0.29, 0.717) is 0 Å². The maximum absolute atomic E-state index is 13.7. The lowest BCUT2D eigenvalue weighted by atomic mass is 10.1. The van der Waals surface area contributed by atoms with E-state index in [1.165, 1.54) is 37.8 Å². The Bertz CT molecular complexity index is 1690. The molecule has 3 heterocycles. The highest BCUT2D eigenvalue weighted by atomic mass is 32.2. The number of carbonyl (C=O) groups is 2. The minimum atomic E-state index is -5.83. The summed E-state index contributed by atoms with van der Waals surface area (Å²) in [4.78, 5) is 35.1. The van der Waals surface area contributed by atoms with E-state index in [0.717, 1.165) is 17.0 Å². The van der Waals surface area contributed by atoms with Gasteiger partial charge in [-0.3, -0.25) is 4.79 Å². The first-order valence-corrected chi connectivity index (χ1v) is 14.3. The maximum atomic E-state index is 13.7. The number of likely N-dealkylation sites (tertiary alicyclic amines) is 1. The van der Waals surface area contributed by atoms with Crippen LogP contribution in [0.5, 0.6) is 5.75 Å². The van der Waals surface area contributed by atoms with Crippen molar-refractivity contribution in [3.05, 3.63) is 41.4 Å². The van der Waals surface area contributed by atoms with Gasteiger partial charge in [-0.15, -0.1) is 0 Å². The zero-order valence-corrected chi connectivity index (χ0v) is 23.9. The number of sulfonamides is 1. The third kappa shape index (κ3) is 6.29. The third-order valence-corrected chi connectivity index (χ3v) is 7.83. The van der Waals surface area contributed by atoms with Crippen LogP contribution in [0, 0.1) is 0 Å². The van der Waals surface area contributed by atoms with Gasteiger partial charge in [0.15, 0.2) is 11.5 Å². The Morgan fingerprint density at radius 2 is 1.84 bits per heavy atom. The summed E-state index contributed by atoms with van der Waals surface area (Å²) < 4.78 is 120. The van der Waals surface area contributed by atoms with Crippen molar-refractivity contribution in [2.45, 2.75) is 50.1 Å². The first-order chi connectivity index (χ1) is 20.4. The number of methoxy groups -OCH3 is 1. The Morgan fingerprint density at radius 1 is 1.16 bits per heavy atom. The van der Waals surface area contributed by atoms with Crippen LogP contribution in [0.25, 0.3) is 22.4 Å². The predicted molar refractivity (Wildman–Crippen MR) is 139 cm³/mol. The average Bonchev–Trinajstić information content (AvgIpc) is 3.56. The molecule has 0 radical (unpaired) electrons. The number of hydrogen-bond donors (Lipinski definition) is 2. The lowest BCUT2D eigenvalue weighted by Gasteiger charge is -2.22. The van der Waals surface area contributed by atoms with E-state index in [-0.39, 0.29) is 40.5 Å². The molecule has 4 rings (SSSR count). The number of fused-ring (bicyclic) bond motifs is 1. The van der Waals surface area contributed by atoms with Crippen molar-refractivity contribution < 1.29 is 58.2 Å². The van der Waals surface area contributed by atoms with Crippen LogP contribution < -0.4 is 15.2 Å². The van der Waals surface area contributed by atoms with Crippen LogP contribution in [0.2, 0.25) is 0 Å². The van der Waals surface area contributed by atoms with Crippen molar-refractivity contribution in [3.63, 3.8) is 0 Å². The first kappa shape index (κ1) is 32.9. The number of benzene rings is 1. The number of rotatable bonds is 8. The Morgan fingerprint density at radius 3 is 2.41 bits per heavy atom. The number of ether oxygens (including phenoxy) is 2. The zero-order valence-electron chi connectivity index (χ0n) is 23.1. The van der Waals surface area contributed by atoms with E-state index in [1.807, 2.05) is 0 Å². The summed E-state index contributed by atoms with van der Waals surface area (Å²) in [6.45, 7) is 2.04. The number of aromatic nitrogens is 2. The van der Waals surface area contributed by atoms with E-state index in [9.17, 15) is 44.3 Å². The highest BCUT2D eigenvalue weighted by Gasteiger charge is 2.50. The molecule has 1 amide bonds. The highest BCUT2D eigenvalue weighted by molar-refractivity contribution is 7.90. The second kappa shape index (κ2) is 11.8. The molecule has 2 aromatic heterocycles. The molecule has 19 heteroatoms. The smallest absolute Gasteiger partial charge is 0.494 e. The molecule has 1 aliphatic heterocycles. The number of nitrogens with one attached hydrogen (secondary N) is 1. The number of nitrogens with two attached hydrogens (primary N) is 1. The quantitative estimate of drug-likeness (QED) is 0.271. The van der Waals surface area contributed by atoms with Gasteiger partial charge in [-0.2, -0.15) is 26.3 Å². The molecule has 12 nitrogen and oxygen atoms in total. The normalized spacial score (nSPS) is 18.5. The van der Waals surface area contributed by atoms with Gasteiger partial charge in [-0.1, -0.05) is 0 Å². The Hall–Kier alpha value is -3.97. The van der Waals surface area contributed by atoms with E-state index < -0.39 is 76.1 Å². The van der Waals surface area contributed by atoms with Crippen LogP contribution in [-0.4, -0.2) is 73.0 Å². The fourth-order valence-corrected chi connectivity index (χ4v) is 5.38. The summed E-state index contributed by atoms with van der Waals surface area (Å²) in [6, 6.07) is 0.480. The molecular formula is C25H25F6N5O7S. The molecule has 0 saturated carbocycles. The fourth-order valence-electron chi connectivity index (χ4n) is 4.64. The monoisotopic (exact) mass is 653 g/mol. The summed E-state index contributed by atoms with van der Waals surface area (Å²) in [5, 5.41) is 0.0982. The van der Waals surface area contributed by atoms with Crippen LogP contribution in [0.1, 0.15) is 48.3 Å². The van der Waals surface area contributed by atoms with E-state index >= 15 is 0 Å². The predicted octanol–water partition coefficient (Wildman–Crippen LogP) is 3.52. The van der Waals surface area contributed by atoms with Crippen LogP contribution >= 0.6 is 0 Å². The van der Waals surface area contributed by atoms with Crippen molar-refractivity contribution in [2.24, 2.45) is 5.73 Å². The second-order valence-corrected chi connectivity index (χ2v) is 11.4. The number of pyridine rings is 1. The molecule has 1 fully saturated rings. The molecule has 1 aliphatic rings. The third-order valence-electron chi connectivity index (χ3n) is 6.58. The summed E-state index contributed by atoms with van der Waals surface area (Å²) in [5.74, 6) is -2.57. The molecule has 1 aromatic carbocycles. The van der Waals surface area contributed by atoms with Gasteiger partial charge in [-0.05, 0) is 44.5 Å². The van der Waals surface area contributed by atoms with Crippen molar-refractivity contribution in [2.75, 3.05) is 20.3 Å². The molecular weight excluding hydrogens is 628 g/mol. The van der Waals surface area contributed by atoms with Gasteiger partial charge in [0.2, 0.25) is 5.89 Å². The highest BCUT2D eigenvalue weighted by Crippen LogP contribution is 2.38. The minimum absolute atomic E-state index is 0.00758. The van der Waals surface area contributed by atoms with Gasteiger partial charge >= 0.3 is 27.7 Å². The molecule has 1 saturated heterocycles.